The van der Waals surface area contributed by atoms with E-state index in [2.05, 4.69) is 194 Å². The molecule has 0 amide bonds. The molecule has 9 aromatic carbocycles. The van der Waals surface area contributed by atoms with Crippen LogP contribution in [0.5, 0.6) is 0 Å². The predicted molar refractivity (Wildman–Crippen MR) is 242 cm³/mol. The number of allylic oxidation sites excluding steroid dienone is 4. The van der Waals surface area contributed by atoms with Gasteiger partial charge in [0.25, 0.3) is 0 Å². The van der Waals surface area contributed by atoms with Crippen LogP contribution in [0.1, 0.15) is 13.8 Å². The molecule has 55 heavy (non-hydrogen) atoms. The highest BCUT2D eigenvalue weighted by Crippen LogP contribution is 2.44. The van der Waals surface area contributed by atoms with Crippen molar-refractivity contribution < 1.29 is 0 Å². The van der Waals surface area contributed by atoms with Crippen molar-refractivity contribution in [2.24, 2.45) is 0 Å². The molecule has 1 aromatic heterocycles. The second-order valence-electron chi connectivity index (χ2n) is 13.6. The van der Waals surface area contributed by atoms with Crippen LogP contribution in [0.15, 0.2) is 213 Å². The first kappa shape index (κ1) is 35.1. The van der Waals surface area contributed by atoms with Gasteiger partial charge < -0.3 is 4.57 Å². The molecule has 0 aliphatic heterocycles. The van der Waals surface area contributed by atoms with Gasteiger partial charge >= 0.3 is 0 Å². The summed E-state index contributed by atoms with van der Waals surface area (Å²) in [6.07, 6.45) is 7.33. The molecule has 0 atom stereocenters. The SMILES string of the molecule is C=C/C=C\C.C=CC.c1ccc(-c2ccccc2-c2ccc3ccc4c(-c5ccc(-n6c7ccccc7c7ccccc76)cc5)ccc5ccc2c3c54)cc1. The van der Waals surface area contributed by atoms with Crippen molar-refractivity contribution in [1.29, 1.82) is 0 Å². The van der Waals surface area contributed by atoms with Crippen LogP contribution < -0.4 is 0 Å². The predicted octanol–water partition coefficient (Wildman–Crippen LogP) is 15.6. The van der Waals surface area contributed by atoms with E-state index >= 15 is 0 Å². The zero-order chi connectivity index (χ0) is 37.7. The highest BCUT2D eigenvalue weighted by molar-refractivity contribution is 6.27. The summed E-state index contributed by atoms with van der Waals surface area (Å²) in [5.41, 5.74) is 11.1. The van der Waals surface area contributed by atoms with Gasteiger partial charge in [-0.2, -0.15) is 0 Å². The van der Waals surface area contributed by atoms with Gasteiger partial charge in [-0.05, 0) is 104 Å². The number of hydrogen-bond donors (Lipinski definition) is 0. The van der Waals surface area contributed by atoms with Crippen molar-refractivity contribution in [3.05, 3.63) is 213 Å². The smallest absolute Gasteiger partial charge is 0.0541 e. The summed E-state index contributed by atoms with van der Waals surface area (Å²) in [5.74, 6) is 0. The Morgan fingerprint density at radius 1 is 0.400 bits per heavy atom. The Kier molecular flexibility index (Phi) is 9.93. The first-order chi connectivity index (χ1) is 27.2. The van der Waals surface area contributed by atoms with Crippen LogP contribution >= 0.6 is 0 Å². The molecule has 264 valence electrons. The molecule has 0 spiro atoms. The lowest BCUT2D eigenvalue weighted by Gasteiger charge is -2.18. The van der Waals surface area contributed by atoms with Gasteiger partial charge in [-0.1, -0.05) is 183 Å². The molecule has 0 N–H and O–H groups in total. The Hall–Kier alpha value is -6.96. The summed E-state index contributed by atoms with van der Waals surface area (Å²) >= 11 is 0. The molecule has 0 unspecified atom stereocenters. The molecular weight excluding hydrogens is 663 g/mol. The number of fused-ring (bicyclic) bond motifs is 3. The van der Waals surface area contributed by atoms with Crippen LogP contribution in [0, 0.1) is 0 Å². The van der Waals surface area contributed by atoms with Gasteiger partial charge in [0.1, 0.15) is 0 Å². The number of rotatable bonds is 5. The van der Waals surface area contributed by atoms with Crippen LogP contribution in [-0.4, -0.2) is 4.57 Å². The Bertz CT molecular complexity index is 2900. The molecule has 0 fully saturated rings. The first-order valence-corrected chi connectivity index (χ1v) is 18.9. The first-order valence-electron chi connectivity index (χ1n) is 18.9. The van der Waals surface area contributed by atoms with Gasteiger partial charge in [-0.3, -0.25) is 0 Å². The average Bonchev–Trinajstić information content (AvgIpc) is 3.58. The fourth-order valence-corrected chi connectivity index (χ4v) is 8.00. The topological polar surface area (TPSA) is 4.93 Å². The highest BCUT2D eigenvalue weighted by Gasteiger charge is 2.17. The molecule has 0 saturated heterocycles. The standard InChI is InChI=1S/C46H29N.C5H8.C3H6/c1-2-10-30(11-3-1)35-12-4-5-13-37(35)38-27-21-33-22-28-41-36(26-20-32-23-29-42(38)46(33)45(32)41)31-18-24-34(25-19-31)47-43-16-8-6-14-39(43)40-15-7-9-17-44(40)47;1-3-5-4-2;1-3-2/h1-29H;3-5H,1H2,2H3;3H,1H2,2H3/b;5-4-;. The second kappa shape index (κ2) is 15.6. The molecule has 10 aromatic rings. The van der Waals surface area contributed by atoms with Crippen molar-refractivity contribution in [3.8, 4) is 39.1 Å². The van der Waals surface area contributed by atoms with Gasteiger partial charge in [-0.25, -0.2) is 0 Å². The third-order valence-corrected chi connectivity index (χ3v) is 10.3. The molecule has 1 heteroatoms. The van der Waals surface area contributed by atoms with Gasteiger partial charge in [0.2, 0.25) is 0 Å². The molecule has 1 nitrogen and oxygen atoms in total. The van der Waals surface area contributed by atoms with Crippen molar-refractivity contribution in [2.45, 2.75) is 13.8 Å². The number of para-hydroxylation sites is 2. The zero-order valence-corrected chi connectivity index (χ0v) is 31.4. The highest BCUT2D eigenvalue weighted by atomic mass is 15.0. The minimum atomic E-state index is 1.17. The molecule has 0 aliphatic rings. The second-order valence-corrected chi connectivity index (χ2v) is 13.6. The minimum absolute atomic E-state index is 1.17. The largest absolute Gasteiger partial charge is 0.309 e. The molecule has 0 aliphatic carbocycles. The fraction of sp³-hybridized carbons (Fsp3) is 0.0370. The molecule has 0 bridgehead atoms. The maximum Gasteiger partial charge on any atom is 0.0541 e. The van der Waals surface area contributed by atoms with Gasteiger partial charge in [0.05, 0.1) is 11.0 Å². The van der Waals surface area contributed by atoms with E-state index in [9.17, 15) is 0 Å². The number of benzene rings is 9. The van der Waals surface area contributed by atoms with Crippen molar-refractivity contribution in [1.82, 2.24) is 4.57 Å². The van der Waals surface area contributed by atoms with E-state index in [0.29, 0.717) is 0 Å². The van der Waals surface area contributed by atoms with Crippen LogP contribution in [0.25, 0.3) is 93.2 Å². The van der Waals surface area contributed by atoms with E-state index in [0.717, 1.165) is 0 Å². The number of aromatic nitrogens is 1. The number of nitrogens with zero attached hydrogens (tertiary/aromatic N) is 1. The molecule has 10 rings (SSSR count). The van der Waals surface area contributed by atoms with E-state index in [1.807, 2.05) is 26.0 Å². The summed E-state index contributed by atoms with van der Waals surface area (Å²) in [4.78, 5) is 0. The third-order valence-electron chi connectivity index (χ3n) is 10.3. The summed E-state index contributed by atoms with van der Waals surface area (Å²) < 4.78 is 2.38. The van der Waals surface area contributed by atoms with Crippen molar-refractivity contribution in [3.63, 3.8) is 0 Å². The van der Waals surface area contributed by atoms with E-state index in [-0.39, 0.29) is 0 Å². The van der Waals surface area contributed by atoms with Crippen LogP contribution in [0.4, 0.5) is 0 Å². The minimum Gasteiger partial charge on any atom is -0.309 e. The Morgan fingerprint density at radius 2 is 0.873 bits per heavy atom. The quantitative estimate of drug-likeness (QED) is 0.0954. The maximum atomic E-state index is 3.46. The molecule has 1 heterocycles. The summed E-state index contributed by atoms with van der Waals surface area (Å²) in [6, 6.07) is 64.4. The van der Waals surface area contributed by atoms with E-state index in [1.165, 1.54) is 93.2 Å². The maximum absolute atomic E-state index is 3.46. The monoisotopic (exact) mass is 705 g/mol. The lowest BCUT2D eigenvalue weighted by atomic mass is 9.86. The fourth-order valence-electron chi connectivity index (χ4n) is 8.00. The lowest BCUT2D eigenvalue weighted by molar-refractivity contribution is 1.18. The molecular formula is C54H43N. The Labute approximate surface area is 323 Å². The van der Waals surface area contributed by atoms with Crippen LogP contribution in [-0.2, 0) is 0 Å². The van der Waals surface area contributed by atoms with Crippen molar-refractivity contribution >= 4 is 54.1 Å². The summed E-state index contributed by atoms with van der Waals surface area (Å²) in [5, 5.41) is 10.4. The van der Waals surface area contributed by atoms with E-state index in [1.54, 1.807) is 12.2 Å². The Balaban J connectivity index is 0.000000490. The summed E-state index contributed by atoms with van der Waals surface area (Å²) in [6.45, 7) is 10.7. The van der Waals surface area contributed by atoms with Gasteiger partial charge in [0.15, 0.2) is 0 Å². The zero-order valence-electron chi connectivity index (χ0n) is 31.4. The normalized spacial score (nSPS) is 11.2. The average molecular weight is 706 g/mol. The lowest BCUT2D eigenvalue weighted by Crippen LogP contribution is -1.94. The van der Waals surface area contributed by atoms with E-state index < -0.39 is 0 Å². The summed E-state index contributed by atoms with van der Waals surface area (Å²) in [7, 11) is 0. The molecule has 0 saturated carbocycles. The number of hydrogen-bond acceptors (Lipinski definition) is 0. The molecule has 0 radical (unpaired) electrons. The van der Waals surface area contributed by atoms with Crippen LogP contribution in [0.3, 0.4) is 0 Å². The van der Waals surface area contributed by atoms with E-state index in [4.69, 9.17) is 0 Å². The van der Waals surface area contributed by atoms with Crippen molar-refractivity contribution in [2.75, 3.05) is 0 Å². The van der Waals surface area contributed by atoms with Gasteiger partial charge in [-0.15, -0.1) is 6.58 Å². The third kappa shape index (κ3) is 6.41. The van der Waals surface area contributed by atoms with Crippen LogP contribution in [0.2, 0.25) is 0 Å². The Morgan fingerprint density at radius 3 is 1.44 bits per heavy atom. The van der Waals surface area contributed by atoms with Gasteiger partial charge in [0, 0.05) is 16.5 Å².